The first-order chi connectivity index (χ1) is 16.4. The summed E-state index contributed by atoms with van der Waals surface area (Å²) in [5, 5.41) is 15.5. The second-order valence-electron chi connectivity index (χ2n) is 6.90. The molecule has 2 aromatic carbocycles. The van der Waals surface area contributed by atoms with Crippen LogP contribution in [0.1, 0.15) is 18.3 Å². The van der Waals surface area contributed by atoms with Crippen LogP contribution >= 0.6 is 35.0 Å². The molecule has 3 aromatic rings. The van der Waals surface area contributed by atoms with E-state index in [0.29, 0.717) is 39.0 Å². The van der Waals surface area contributed by atoms with Crippen LogP contribution in [0.15, 0.2) is 53.7 Å². The Labute approximate surface area is 211 Å². The number of ether oxygens (including phenoxy) is 1. The molecule has 11 heteroatoms. The van der Waals surface area contributed by atoms with Crippen molar-refractivity contribution in [2.45, 2.75) is 25.2 Å². The Hall–Kier alpha value is -3.01. The number of hydrogen-bond donors (Lipinski definition) is 2. The van der Waals surface area contributed by atoms with Gasteiger partial charge in [-0.05, 0) is 42.8 Å². The smallest absolute Gasteiger partial charge is 0.244 e. The number of methoxy groups -OCH3 is 1. The molecule has 3 rings (SSSR count). The second-order valence-corrected chi connectivity index (χ2v) is 8.68. The number of anilines is 1. The molecule has 2 N–H and O–H groups in total. The zero-order chi connectivity index (χ0) is 24.5. The molecule has 0 aliphatic rings. The fraction of sp³-hybridized carbons (Fsp3) is 0.217. The summed E-state index contributed by atoms with van der Waals surface area (Å²) >= 11 is 13.3. The molecular weight excluding hydrogens is 497 g/mol. The number of rotatable bonds is 10. The van der Waals surface area contributed by atoms with Crippen LogP contribution in [0.4, 0.5) is 5.69 Å². The number of nitrogens with one attached hydrogen (secondary N) is 2. The van der Waals surface area contributed by atoms with E-state index < -0.39 is 0 Å². The molecular formula is C23H23Cl2N5O3S. The number of benzene rings is 2. The average molecular weight is 520 g/mol. The van der Waals surface area contributed by atoms with Crippen molar-refractivity contribution in [3.05, 3.63) is 70.0 Å². The van der Waals surface area contributed by atoms with Gasteiger partial charge in [-0.1, -0.05) is 53.2 Å². The van der Waals surface area contributed by atoms with Crippen molar-refractivity contribution in [2.24, 2.45) is 0 Å². The molecule has 1 heterocycles. The summed E-state index contributed by atoms with van der Waals surface area (Å²) in [5.41, 5.74) is 1.24. The Bertz CT molecular complexity index is 1200. The van der Waals surface area contributed by atoms with Gasteiger partial charge < -0.3 is 19.9 Å². The van der Waals surface area contributed by atoms with Crippen LogP contribution in [0.5, 0.6) is 5.75 Å². The molecule has 0 radical (unpaired) electrons. The van der Waals surface area contributed by atoms with E-state index in [-0.39, 0.29) is 24.1 Å². The van der Waals surface area contributed by atoms with Crippen LogP contribution in [-0.4, -0.2) is 39.4 Å². The number of amides is 2. The molecule has 0 fully saturated rings. The zero-order valence-electron chi connectivity index (χ0n) is 18.5. The highest BCUT2D eigenvalue weighted by Gasteiger charge is 2.15. The lowest BCUT2D eigenvalue weighted by Crippen LogP contribution is -2.22. The van der Waals surface area contributed by atoms with E-state index in [9.17, 15) is 9.59 Å². The van der Waals surface area contributed by atoms with Gasteiger partial charge >= 0.3 is 0 Å². The summed E-state index contributed by atoms with van der Waals surface area (Å²) in [6.07, 6.45) is 3.06. The molecule has 0 atom stereocenters. The summed E-state index contributed by atoms with van der Waals surface area (Å²) in [7, 11) is 1.52. The summed E-state index contributed by atoms with van der Waals surface area (Å²) < 4.78 is 7.09. The molecule has 34 heavy (non-hydrogen) atoms. The van der Waals surface area contributed by atoms with Crippen molar-refractivity contribution >= 4 is 58.5 Å². The minimum Gasteiger partial charge on any atom is -0.495 e. The number of nitrogens with zero attached hydrogens (tertiary/aromatic N) is 3. The van der Waals surface area contributed by atoms with Crippen molar-refractivity contribution in [1.82, 2.24) is 20.1 Å². The summed E-state index contributed by atoms with van der Waals surface area (Å²) in [5.74, 6) is 0.689. The van der Waals surface area contributed by atoms with Crippen molar-refractivity contribution in [1.29, 1.82) is 0 Å². The molecule has 0 aliphatic carbocycles. The number of halogens is 2. The maximum absolute atomic E-state index is 12.4. The van der Waals surface area contributed by atoms with E-state index in [0.717, 1.165) is 5.56 Å². The molecule has 0 saturated heterocycles. The van der Waals surface area contributed by atoms with Gasteiger partial charge in [-0.15, -0.1) is 10.2 Å². The highest BCUT2D eigenvalue weighted by Crippen LogP contribution is 2.28. The lowest BCUT2D eigenvalue weighted by atomic mass is 10.2. The molecule has 0 unspecified atom stereocenters. The number of thioether (sulfide) groups is 1. The normalized spacial score (nSPS) is 10.9. The lowest BCUT2D eigenvalue weighted by Gasteiger charge is -2.11. The molecule has 0 bridgehead atoms. The van der Waals surface area contributed by atoms with Crippen LogP contribution in [0.2, 0.25) is 10.0 Å². The standard InChI is InChI=1S/C23H23Cl2N5O3S/c1-3-30-20(13-26-21(31)11-8-15-6-4-5-7-17(15)25)28-29-23(30)34-14-22(32)27-18-12-16(24)9-10-19(18)33-2/h4-12H,3,13-14H2,1-2H3,(H,26,31)(H,27,32)/b11-8+. The Morgan fingerprint density at radius 3 is 2.71 bits per heavy atom. The van der Waals surface area contributed by atoms with Crippen LogP contribution < -0.4 is 15.4 Å². The van der Waals surface area contributed by atoms with Gasteiger partial charge in [0.1, 0.15) is 5.75 Å². The van der Waals surface area contributed by atoms with Crippen LogP contribution in [0.3, 0.4) is 0 Å². The van der Waals surface area contributed by atoms with Crippen LogP contribution in [0.25, 0.3) is 6.08 Å². The van der Waals surface area contributed by atoms with Crippen molar-refractivity contribution < 1.29 is 14.3 Å². The number of carbonyl (C=O) groups is 2. The third kappa shape index (κ3) is 6.99. The Balaban J connectivity index is 1.55. The summed E-state index contributed by atoms with van der Waals surface area (Å²) in [4.78, 5) is 24.6. The summed E-state index contributed by atoms with van der Waals surface area (Å²) in [6, 6.07) is 12.2. The Kier molecular flexibility index (Phi) is 9.38. The highest BCUT2D eigenvalue weighted by molar-refractivity contribution is 7.99. The van der Waals surface area contributed by atoms with Gasteiger partial charge in [-0.3, -0.25) is 9.59 Å². The fourth-order valence-corrected chi connectivity index (χ4v) is 4.16. The SMILES string of the molecule is CCn1c(CNC(=O)/C=C/c2ccccc2Cl)nnc1SCC(=O)Nc1cc(Cl)ccc1OC. The van der Waals surface area contributed by atoms with Crippen LogP contribution in [0, 0.1) is 0 Å². The maximum atomic E-state index is 12.4. The van der Waals surface area contributed by atoms with Crippen LogP contribution in [-0.2, 0) is 22.7 Å². The van der Waals surface area contributed by atoms with Crippen molar-refractivity contribution in [3.8, 4) is 5.75 Å². The quantitative estimate of drug-likeness (QED) is 0.298. The molecule has 2 amide bonds. The Morgan fingerprint density at radius 2 is 1.97 bits per heavy atom. The summed E-state index contributed by atoms with van der Waals surface area (Å²) in [6.45, 7) is 2.71. The first kappa shape index (κ1) is 25.6. The molecule has 0 saturated carbocycles. The second kappa shape index (κ2) is 12.5. The lowest BCUT2D eigenvalue weighted by molar-refractivity contribution is -0.116. The monoisotopic (exact) mass is 519 g/mol. The van der Waals surface area contributed by atoms with Gasteiger partial charge in [-0.25, -0.2) is 0 Å². The van der Waals surface area contributed by atoms with Crippen molar-refractivity contribution in [2.75, 3.05) is 18.2 Å². The van der Waals surface area contributed by atoms with Crippen molar-refractivity contribution in [3.63, 3.8) is 0 Å². The predicted octanol–water partition coefficient (Wildman–Crippen LogP) is 4.67. The number of aromatic nitrogens is 3. The number of hydrogen-bond acceptors (Lipinski definition) is 6. The third-order valence-electron chi connectivity index (χ3n) is 4.62. The Morgan fingerprint density at radius 1 is 1.18 bits per heavy atom. The molecule has 1 aromatic heterocycles. The maximum Gasteiger partial charge on any atom is 0.244 e. The molecule has 8 nitrogen and oxygen atoms in total. The van der Waals surface area contributed by atoms with E-state index in [1.165, 1.54) is 24.9 Å². The van der Waals surface area contributed by atoms with Gasteiger partial charge in [0, 0.05) is 22.7 Å². The number of carbonyl (C=O) groups excluding carboxylic acids is 2. The highest BCUT2D eigenvalue weighted by atomic mass is 35.5. The minimum atomic E-state index is -0.283. The minimum absolute atomic E-state index is 0.112. The third-order valence-corrected chi connectivity index (χ3v) is 6.16. The van der Waals surface area contributed by atoms with E-state index in [1.54, 1.807) is 30.3 Å². The predicted molar refractivity (Wildman–Crippen MR) is 135 cm³/mol. The molecule has 178 valence electrons. The van der Waals surface area contributed by atoms with Gasteiger partial charge in [0.2, 0.25) is 11.8 Å². The fourth-order valence-electron chi connectivity index (χ4n) is 2.97. The first-order valence-corrected chi connectivity index (χ1v) is 12.0. The largest absolute Gasteiger partial charge is 0.495 e. The molecule has 0 aliphatic heterocycles. The van der Waals surface area contributed by atoms with E-state index >= 15 is 0 Å². The van der Waals surface area contributed by atoms with E-state index in [1.807, 2.05) is 29.7 Å². The topological polar surface area (TPSA) is 98.1 Å². The molecule has 0 spiro atoms. The first-order valence-electron chi connectivity index (χ1n) is 10.3. The van der Waals surface area contributed by atoms with E-state index in [2.05, 4.69) is 20.8 Å². The zero-order valence-corrected chi connectivity index (χ0v) is 20.9. The van der Waals surface area contributed by atoms with Gasteiger partial charge in [0.25, 0.3) is 0 Å². The van der Waals surface area contributed by atoms with Gasteiger partial charge in [-0.2, -0.15) is 0 Å². The average Bonchev–Trinajstić information content (AvgIpc) is 3.23. The van der Waals surface area contributed by atoms with Gasteiger partial charge in [0.15, 0.2) is 11.0 Å². The van der Waals surface area contributed by atoms with Gasteiger partial charge in [0.05, 0.1) is 25.1 Å². The van der Waals surface area contributed by atoms with E-state index in [4.69, 9.17) is 27.9 Å².